The highest BCUT2D eigenvalue weighted by Gasteiger charge is 2.08. The Labute approximate surface area is 128 Å². The first kappa shape index (κ1) is 14.3. The lowest BCUT2D eigenvalue weighted by molar-refractivity contribution is 0.612. The Morgan fingerprint density at radius 2 is 1.91 bits per heavy atom. The van der Waals surface area contributed by atoms with E-state index in [1.165, 1.54) is 6.07 Å². The van der Waals surface area contributed by atoms with E-state index in [2.05, 4.69) is 20.6 Å². The Morgan fingerprint density at radius 1 is 1.09 bits per heavy atom. The van der Waals surface area contributed by atoms with Gasteiger partial charge in [0.15, 0.2) is 0 Å². The minimum Gasteiger partial charge on any atom is -0.365 e. The monoisotopic (exact) mass is 296 g/mol. The molecule has 0 amide bonds. The van der Waals surface area contributed by atoms with Gasteiger partial charge in [0.1, 0.15) is 11.6 Å². The van der Waals surface area contributed by atoms with E-state index in [1.54, 1.807) is 13.1 Å². The van der Waals surface area contributed by atoms with Gasteiger partial charge in [-0.25, -0.2) is 9.37 Å². The maximum absolute atomic E-state index is 13.8. The molecule has 112 valence electrons. The van der Waals surface area contributed by atoms with E-state index in [0.717, 1.165) is 16.5 Å². The molecule has 0 aliphatic rings. The van der Waals surface area contributed by atoms with Gasteiger partial charge in [-0.3, -0.25) is 0 Å². The van der Waals surface area contributed by atoms with Crippen molar-refractivity contribution in [1.82, 2.24) is 9.97 Å². The molecule has 0 radical (unpaired) electrons. The van der Waals surface area contributed by atoms with Crippen molar-refractivity contribution in [2.45, 2.75) is 13.5 Å². The molecule has 2 aromatic carbocycles. The summed E-state index contributed by atoms with van der Waals surface area (Å²) < 4.78 is 13.8. The summed E-state index contributed by atoms with van der Waals surface area (Å²) in [6.07, 6.45) is 0. The number of fused-ring (bicyclic) bond motifs is 1. The molecule has 0 unspecified atom stereocenters. The van der Waals surface area contributed by atoms with Gasteiger partial charge in [-0.05, 0) is 25.1 Å². The van der Waals surface area contributed by atoms with Crippen molar-refractivity contribution in [2.75, 3.05) is 17.7 Å². The predicted molar refractivity (Wildman–Crippen MR) is 87.5 cm³/mol. The smallest absolute Gasteiger partial charge is 0.224 e. The summed E-state index contributed by atoms with van der Waals surface area (Å²) in [6, 6.07) is 12.8. The zero-order chi connectivity index (χ0) is 15.5. The third-order valence-electron chi connectivity index (χ3n) is 3.47. The predicted octanol–water partition coefficient (Wildman–Crippen LogP) is 3.73. The molecule has 1 aromatic heterocycles. The normalized spacial score (nSPS) is 10.7. The third kappa shape index (κ3) is 2.83. The number of hydrogen-bond acceptors (Lipinski definition) is 4. The second kappa shape index (κ2) is 5.97. The van der Waals surface area contributed by atoms with Crippen LogP contribution in [0.25, 0.3) is 10.9 Å². The van der Waals surface area contributed by atoms with E-state index in [-0.39, 0.29) is 5.82 Å². The maximum atomic E-state index is 13.8. The Morgan fingerprint density at radius 3 is 2.73 bits per heavy atom. The second-order valence-electron chi connectivity index (χ2n) is 5.11. The number of hydrogen-bond donors (Lipinski definition) is 2. The van der Waals surface area contributed by atoms with Gasteiger partial charge in [0.05, 0.1) is 5.52 Å². The molecule has 0 saturated heterocycles. The standard InChI is InChI=1S/C17H17FN4/c1-11-7-8-14(18)12(9-11)10-20-16-13-5-3-4-6-15(13)21-17(19-2)22-16/h3-9H,10H2,1-2H3,(H2,19,20,21,22). The van der Waals surface area contributed by atoms with E-state index in [4.69, 9.17) is 0 Å². The molecular formula is C17H17FN4. The van der Waals surface area contributed by atoms with Gasteiger partial charge < -0.3 is 10.6 Å². The fourth-order valence-electron chi connectivity index (χ4n) is 2.34. The van der Waals surface area contributed by atoms with E-state index < -0.39 is 0 Å². The molecule has 0 spiro atoms. The largest absolute Gasteiger partial charge is 0.365 e. The lowest BCUT2D eigenvalue weighted by Crippen LogP contribution is -2.07. The van der Waals surface area contributed by atoms with Crippen LogP contribution in [0.1, 0.15) is 11.1 Å². The minimum atomic E-state index is -0.217. The molecule has 4 nitrogen and oxygen atoms in total. The van der Waals surface area contributed by atoms with Gasteiger partial charge in [-0.1, -0.05) is 29.8 Å². The molecule has 0 aliphatic carbocycles. The van der Waals surface area contributed by atoms with Crippen LogP contribution in [0.4, 0.5) is 16.2 Å². The number of rotatable bonds is 4. The zero-order valence-electron chi connectivity index (χ0n) is 12.5. The molecule has 0 fully saturated rings. The molecule has 0 atom stereocenters. The van der Waals surface area contributed by atoms with Crippen molar-refractivity contribution in [3.05, 3.63) is 59.4 Å². The van der Waals surface area contributed by atoms with Crippen LogP contribution in [-0.4, -0.2) is 17.0 Å². The highest BCUT2D eigenvalue weighted by Crippen LogP contribution is 2.22. The van der Waals surface area contributed by atoms with Gasteiger partial charge in [-0.2, -0.15) is 4.98 Å². The second-order valence-corrected chi connectivity index (χ2v) is 5.11. The number of aryl methyl sites for hydroxylation is 1. The molecule has 3 aromatic rings. The van der Waals surface area contributed by atoms with Crippen LogP contribution >= 0.6 is 0 Å². The van der Waals surface area contributed by atoms with E-state index in [0.29, 0.717) is 23.9 Å². The van der Waals surface area contributed by atoms with Crippen molar-refractivity contribution in [3.63, 3.8) is 0 Å². The average molecular weight is 296 g/mol. The lowest BCUT2D eigenvalue weighted by Gasteiger charge is -2.11. The fraction of sp³-hybridized carbons (Fsp3) is 0.176. The first-order valence-corrected chi connectivity index (χ1v) is 7.11. The summed E-state index contributed by atoms with van der Waals surface area (Å²) in [4.78, 5) is 8.84. The van der Waals surface area contributed by atoms with Crippen molar-refractivity contribution in [3.8, 4) is 0 Å². The SMILES string of the molecule is CNc1nc(NCc2cc(C)ccc2F)c2ccccc2n1. The number of anilines is 2. The molecule has 3 rings (SSSR count). The first-order chi connectivity index (χ1) is 10.7. The molecule has 0 aliphatic heterocycles. The van der Waals surface area contributed by atoms with Crippen LogP contribution in [0.5, 0.6) is 0 Å². The van der Waals surface area contributed by atoms with Gasteiger partial charge in [0.25, 0.3) is 0 Å². The summed E-state index contributed by atoms with van der Waals surface area (Å²) in [5.41, 5.74) is 2.49. The lowest BCUT2D eigenvalue weighted by atomic mass is 10.1. The van der Waals surface area contributed by atoms with Gasteiger partial charge >= 0.3 is 0 Å². The number of aromatic nitrogens is 2. The Balaban J connectivity index is 1.94. The van der Waals surface area contributed by atoms with Crippen LogP contribution < -0.4 is 10.6 Å². The average Bonchev–Trinajstić information content (AvgIpc) is 2.55. The number of nitrogens with one attached hydrogen (secondary N) is 2. The zero-order valence-corrected chi connectivity index (χ0v) is 12.5. The first-order valence-electron chi connectivity index (χ1n) is 7.11. The Bertz CT molecular complexity index is 817. The number of nitrogens with zero attached hydrogens (tertiary/aromatic N) is 2. The van der Waals surface area contributed by atoms with E-state index >= 15 is 0 Å². The number of para-hydroxylation sites is 1. The third-order valence-corrected chi connectivity index (χ3v) is 3.47. The van der Waals surface area contributed by atoms with E-state index in [1.807, 2.05) is 37.3 Å². The van der Waals surface area contributed by atoms with Crippen LogP contribution in [0.15, 0.2) is 42.5 Å². The Hall–Kier alpha value is -2.69. The summed E-state index contributed by atoms with van der Waals surface area (Å²) in [6.45, 7) is 2.32. The Kier molecular flexibility index (Phi) is 3.87. The van der Waals surface area contributed by atoms with Crippen LogP contribution in [0, 0.1) is 12.7 Å². The summed E-state index contributed by atoms with van der Waals surface area (Å²) in [5.74, 6) is 1.01. The summed E-state index contributed by atoms with van der Waals surface area (Å²) in [7, 11) is 1.77. The van der Waals surface area contributed by atoms with Gasteiger partial charge in [-0.15, -0.1) is 0 Å². The molecule has 22 heavy (non-hydrogen) atoms. The van der Waals surface area contributed by atoms with Crippen molar-refractivity contribution in [1.29, 1.82) is 0 Å². The van der Waals surface area contributed by atoms with Crippen molar-refractivity contribution in [2.24, 2.45) is 0 Å². The molecule has 2 N–H and O–H groups in total. The van der Waals surface area contributed by atoms with Crippen LogP contribution in [-0.2, 0) is 6.54 Å². The molecular weight excluding hydrogens is 279 g/mol. The maximum Gasteiger partial charge on any atom is 0.224 e. The number of halogens is 1. The molecule has 0 saturated carbocycles. The van der Waals surface area contributed by atoms with Crippen LogP contribution in [0.3, 0.4) is 0 Å². The summed E-state index contributed by atoms with van der Waals surface area (Å²) >= 11 is 0. The van der Waals surface area contributed by atoms with Gasteiger partial charge in [0.2, 0.25) is 5.95 Å². The van der Waals surface area contributed by atoms with Crippen molar-refractivity contribution < 1.29 is 4.39 Å². The highest BCUT2D eigenvalue weighted by atomic mass is 19.1. The van der Waals surface area contributed by atoms with Crippen molar-refractivity contribution >= 4 is 22.7 Å². The highest BCUT2D eigenvalue weighted by molar-refractivity contribution is 5.89. The van der Waals surface area contributed by atoms with E-state index in [9.17, 15) is 4.39 Å². The molecule has 5 heteroatoms. The quantitative estimate of drug-likeness (QED) is 0.770. The minimum absolute atomic E-state index is 0.217. The molecule has 0 bridgehead atoms. The fourth-order valence-corrected chi connectivity index (χ4v) is 2.34. The summed E-state index contributed by atoms with van der Waals surface area (Å²) in [5, 5.41) is 7.07. The molecule has 1 heterocycles. The van der Waals surface area contributed by atoms with Gasteiger partial charge in [0, 0.05) is 24.5 Å². The topological polar surface area (TPSA) is 49.8 Å². The van der Waals surface area contributed by atoms with Crippen LogP contribution in [0.2, 0.25) is 0 Å². The number of benzene rings is 2.